The van der Waals surface area contributed by atoms with Gasteiger partial charge in [-0.05, 0) is 36.5 Å². The van der Waals surface area contributed by atoms with E-state index in [0.29, 0.717) is 24.9 Å². The van der Waals surface area contributed by atoms with Crippen LogP contribution in [0.5, 0.6) is 0 Å². The minimum atomic E-state index is -4.09. The lowest BCUT2D eigenvalue weighted by molar-refractivity contribution is -0.144. The maximum atomic E-state index is 12.4. The number of anilines is 1. The first-order valence-corrected chi connectivity index (χ1v) is 6.87. The molecule has 3 heterocycles. The molecule has 6 heteroatoms. The highest BCUT2D eigenvalue weighted by atomic mass is 19.4. The molecule has 2 aliphatic rings. The molecule has 0 bridgehead atoms. The number of hydrogen-bond acceptors (Lipinski definition) is 3. The number of alkyl halides is 3. The zero-order valence-corrected chi connectivity index (χ0v) is 11.4. The molecule has 2 unspecified atom stereocenters. The topological polar surface area (TPSA) is 19.4 Å². The second-order valence-electron chi connectivity index (χ2n) is 5.93. The maximum Gasteiger partial charge on any atom is 0.401 e. The standard InChI is InChI=1S/C14H18F3N3/c1-10-2-3-18-13(4-10)20-7-11-5-19(6-12(11)8-20)9-14(15,16)17/h2-4,11-12H,5-9H2,1H3. The molecule has 0 saturated carbocycles. The Morgan fingerprint density at radius 3 is 2.40 bits per heavy atom. The Bertz CT molecular complexity index is 475. The van der Waals surface area contributed by atoms with Crippen LogP contribution in [0.4, 0.5) is 19.0 Å². The number of halogens is 3. The van der Waals surface area contributed by atoms with Gasteiger partial charge in [-0.15, -0.1) is 0 Å². The summed E-state index contributed by atoms with van der Waals surface area (Å²) in [5.74, 6) is 1.61. The molecule has 2 fully saturated rings. The molecule has 0 aromatic carbocycles. The predicted octanol–water partition coefficient (Wildman–Crippen LogP) is 2.32. The molecule has 0 amide bonds. The lowest BCUT2D eigenvalue weighted by Crippen LogP contribution is -2.35. The minimum absolute atomic E-state index is 0.333. The van der Waals surface area contributed by atoms with Crippen molar-refractivity contribution in [2.24, 2.45) is 11.8 Å². The Balaban J connectivity index is 1.61. The average Bonchev–Trinajstić information content (AvgIpc) is 2.84. The van der Waals surface area contributed by atoms with Crippen molar-refractivity contribution >= 4 is 5.82 Å². The molecule has 1 aromatic rings. The van der Waals surface area contributed by atoms with Crippen molar-refractivity contribution < 1.29 is 13.2 Å². The van der Waals surface area contributed by atoms with Crippen LogP contribution in [-0.2, 0) is 0 Å². The average molecular weight is 285 g/mol. The molecule has 2 atom stereocenters. The molecular weight excluding hydrogens is 267 g/mol. The van der Waals surface area contributed by atoms with E-state index in [1.807, 2.05) is 19.1 Å². The SMILES string of the molecule is Cc1ccnc(N2CC3CN(CC(F)(F)F)CC3C2)c1. The second kappa shape index (κ2) is 4.91. The largest absolute Gasteiger partial charge is 0.401 e. The van der Waals surface area contributed by atoms with Crippen molar-refractivity contribution in [2.75, 3.05) is 37.6 Å². The smallest absolute Gasteiger partial charge is 0.356 e. The number of likely N-dealkylation sites (tertiary alicyclic amines) is 1. The van der Waals surface area contributed by atoms with E-state index in [0.717, 1.165) is 24.5 Å². The van der Waals surface area contributed by atoms with E-state index in [2.05, 4.69) is 9.88 Å². The molecule has 2 aliphatic heterocycles. The van der Waals surface area contributed by atoms with Gasteiger partial charge in [0.1, 0.15) is 5.82 Å². The van der Waals surface area contributed by atoms with Crippen LogP contribution in [0.15, 0.2) is 18.3 Å². The fraction of sp³-hybridized carbons (Fsp3) is 0.643. The fourth-order valence-corrected chi connectivity index (χ4v) is 3.35. The third-order valence-electron chi connectivity index (χ3n) is 4.19. The summed E-state index contributed by atoms with van der Waals surface area (Å²) in [6, 6.07) is 3.99. The van der Waals surface area contributed by atoms with Crippen LogP contribution in [0.25, 0.3) is 0 Å². The number of aromatic nitrogens is 1. The molecular formula is C14H18F3N3. The molecule has 20 heavy (non-hydrogen) atoms. The summed E-state index contributed by atoms with van der Waals surface area (Å²) < 4.78 is 37.2. The summed E-state index contributed by atoms with van der Waals surface area (Å²) in [5.41, 5.74) is 1.16. The van der Waals surface area contributed by atoms with Crippen molar-refractivity contribution in [1.29, 1.82) is 0 Å². The van der Waals surface area contributed by atoms with Gasteiger partial charge >= 0.3 is 6.18 Å². The number of pyridine rings is 1. The van der Waals surface area contributed by atoms with E-state index < -0.39 is 12.7 Å². The van der Waals surface area contributed by atoms with Crippen LogP contribution in [0.2, 0.25) is 0 Å². The van der Waals surface area contributed by atoms with Gasteiger partial charge in [0.15, 0.2) is 0 Å². The first kappa shape index (κ1) is 13.7. The number of aryl methyl sites for hydroxylation is 1. The zero-order chi connectivity index (χ0) is 14.3. The second-order valence-corrected chi connectivity index (χ2v) is 5.93. The Morgan fingerprint density at radius 2 is 1.85 bits per heavy atom. The fourth-order valence-electron chi connectivity index (χ4n) is 3.35. The Morgan fingerprint density at radius 1 is 1.20 bits per heavy atom. The molecule has 0 aliphatic carbocycles. The van der Waals surface area contributed by atoms with Crippen molar-refractivity contribution in [3.8, 4) is 0 Å². The monoisotopic (exact) mass is 285 g/mol. The third kappa shape index (κ3) is 2.90. The summed E-state index contributed by atoms with van der Waals surface area (Å²) in [7, 11) is 0. The Labute approximate surface area is 116 Å². The van der Waals surface area contributed by atoms with E-state index in [9.17, 15) is 13.2 Å². The van der Waals surface area contributed by atoms with E-state index in [1.54, 1.807) is 6.20 Å². The van der Waals surface area contributed by atoms with Crippen LogP contribution < -0.4 is 4.90 Å². The number of hydrogen-bond donors (Lipinski definition) is 0. The first-order valence-electron chi connectivity index (χ1n) is 6.87. The molecule has 0 N–H and O–H groups in total. The van der Waals surface area contributed by atoms with Crippen LogP contribution >= 0.6 is 0 Å². The maximum absolute atomic E-state index is 12.4. The summed E-state index contributed by atoms with van der Waals surface area (Å²) in [4.78, 5) is 8.10. The highest BCUT2D eigenvalue weighted by Gasteiger charge is 2.43. The van der Waals surface area contributed by atoms with Gasteiger partial charge in [0.05, 0.1) is 6.54 Å². The van der Waals surface area contributed by atoms with Crippen molar-refractivity contribution in [3.05, 3.63) is 23.9 Å². The molecule has 110 valence electrons. The highest BCUT2D eigenvalue weighted by molar-refractivity contribution is 5.42. The van der Waals surface area contributed by atoms with Crippen LogP contribution in [-0.4, -0.2) is 48.8 Å². The highest BCUT2D eigenvalue weighted by Crippen LogP contribution is 2.34. The zero-order valence-electron chi connectivity index (χ0n) is 11.4. The summed E-state index contributed by atoms with van der Waals surface area (Å²) in [6.07, 6.45) is -2.30. The molecule has 3 rings (SSSR count). The number of fused-ring (bicyclic) bond motifs is 1. The predicted molar refractivity (Wildman–Crippen MR) is 70.7 cm³/mol. The lowest BCUT2D eigenvalue weighted by atomic mass is 10.0. The van der Waals surface area contributed by atoms with E-state index >= 15 is 0 Å². The summed E-state index contributed by atoms with van der Waals surface area (Å²) in [6.45, 7) is 3.97. The third-order valence-corrected chi connectivity index (χ3v) is 4.19. The van der Waals surface area contributed by atoms with E-state index in [4.69, 9.17) is 0 Å². The van der Waals surface area contributed by atoms with Crippen LogP contribution in [0, 0.1) is 18.8 Å². The summed E-state index contributed by atoms with van der Waals surface area (Å²) >= 11 is 0. The number of rotatable bonds is 2. The molecule has 0 radical (unpaired) electrons. The van der Waals surface area contributed by atoms with E-state index in [-0.39, 0.29) is 0 Å². The molecule has 1 aromatic heterocycles. The molecule has 2 saturated heterocycles. The van der Waals surface area contributed by atoms with Crippen molar-refractivity contribution in [2.45, 2.75) is 13.1 Å². The molecule has 0 spiro atoms. The summed E-state index contributed by atoms with van der Waals surface area (Å²) in [5, 5.41) is 0. The Kier molecular flexibility index (Phi) is 3.36. The van der Waals surface area contributed by atoms with Gasteiger partial charge in [0, 0.05) is 32.4 Å². The quantitative estimate of drug-likeness (QED) is 0.831. The first-order chi connectivity index (χ1) is 9.40. The van der Waals surface area contributed by atoms with Gasteiger partial charge in [-0.3, -0.25) is 4.90 Å². The van der Waals surface area contributed by atoms with Gasteiger partial charge in [0.25, 0.3) is 0 Å². The van der Waals surface area contributed by atoms with Gasteiger partial charge in [-0.1, -0.05) is 0 Å². The number of nitrogens with zero attached hydrogens (tertiary/aromatic N) is 3. The van der Waals surface area contributed by atoms with Gasteiger partial charge in [-0.2, -0.15) is 13.2 Å². The minimum Gasteiger partial charge on any atom is -0.356 e. The van der Waals surface area contributed by atoms with Crippen molar-refractivity contribution in [1.82, 2.24) is 9.88 Å². The van der Waals surface area contributed by atoms with Gasteiger partial charge in [0.2, 0.25) is 0 Å². The lowest BCUT2D eigenvalue weighted by Gasteiger charge is -2.23. The van der Waals surface area contributed by atoms with Crippen molar-refractivity contribution in [3.63, 3.8) is 0 Å². The van der Waals surface area contributed by atoms with Gasteiger partial charge in [-0.25, -0.2) is 4.98 Å². The Hall–Kier alpha value is -1.30. The molecule has 3 nitrogen and oxygen atoms in total. The van der Waals surface area contributed by atoms with E-state index in [1.165, 1.54) is 4.90 Å². The normalized spacial score (nSPS) is 27.1. The van der Waals surface area contributed by atoms with Gasteiger partial charge < -0.3 is 4.90 Å². The van der Waals surface area contributed by atoms with Crippen LogP contribution in [0.3, 0.4) is 0 Å². The van der Waals surface area contributed by atoms with Crippen LogP contribution in [0.1, 0.15) is 5.56 Å².